The van der Waals surface area contributed by atoms with Crippen LogP contribution in [0.5, 0.6) is 0 Å². The molecule has 0 aliphatic rings. The van der Waals surface area contributed by atoms with Crippen molar-refractivity contribution in [2.45, 2.75) is 20.4 Å². The summed E-state index contributed by atoms with van der Waals surface area (Å²) in [6.45, 7) is 5.83. The molecule has 0 atom stereocenters. The van der Waals surface area contributed by atoms with E-state index in [9.17, 15) is 0 Å². The first-order chi connectivity index (χ1) is 9.67. The topological polar surface area (TPSA) is 28.2 Å². The second kappa shape index (κ2) is 6.73. The fourth-order valence-electron chi connectivity index (χ4n) is 2.26. The molecule has 0 unspecified atom stereocenters. The summed E-state index contributed by atoms with van der Waals surface area (Å²) in [6.07, 6.45) is 1.73. The third-order valence-corrected chi connectivity index (χ3v) is 3.63. The summed E-state index contributed by atoms with van der Waals surface area (Å²) < 4.78 is 0. The molecule has 0 amide bonds. The molecule has 0 saturated carbocycles. The second-order valence-corrected chi connectivity index (χ2v) is 5.10. The van der Waals surface area contributed by atoms with Gasteiger partial charge in [0.2, 0.25) is 0 Å². The van der Waals surface area contributed by atoms with Crippen molar-refractivity contribution in [3.8, 4) is 0 Å². The highest BCUT2D eigenvalue weighted by Crippen LogP contribution is 2.28. The lowest BCUT2D eigenvalue weighted by Gasteiger charge is -2.24. The number of anilines is 2. The summed E-state index contributed by atoms with van der Waals surface area (Å²) in [5, 5.41) is 3.83. The van der Waals surface area contributed by atoms with Gasteiger partial charge in [0.15, 0.2) is 0 Å². The second-order valence-electron chi connectivity index (χ2n) is 4.69. The lowest BCUT2D eigenvalue weighted by atomic mass is 10.1. The number of para-hydroxylation sites is 1. The van der Waals surface area contributed by atoms with Crippen LogP contribution in [-0.2, 0) is 6.54 Å². The molecular formula is C16H20ClN3. The van der Waals surface area contributed by atoms with Crippen LogP contribution in [0.25, 0.3) is 0 Å². The van der Waals surface area contributed by atoms with Crippen molar-refractivity contribution in [3.63, 3.8) is 0 Å². The quantitative estimate of drug-likeness (QED) is 0.904. The largest absolute Gasteiger partial charge is 0.326 e. The molecule has 1 N–H and O–H groups in total. The Hall–Kier alpha value is -1.58. The van der Waals surface area contributed by atoms with Gasteiger partial charge in [0, 0.05) is 25.0 Å². The van der Waals surface area contributed by atoms with E-state index in [1.54, 1.807) is 6.20 Å². The number of nitrogens with one attached hydrogen (secondary N) is 1. The number of nitrogens with zero attached hydrogens (tertiary/aromatic N) is 2. The van der Waals surface area contributed by atoms with Crippen molar-refractivity contribution in [1.82, 2.24) is 10.3 Å². The maximum atomic E-state index is 6.18. The van der Waals surface area contributed by atoms with Gasteiger partial charge in [0.1, 0.15) is 5.82 Å². The summed E-state index contributed by atoms with van der Waals surface area (Å²) in [4.78, 5) is 6.68. The normalized spacial score (nSPS) is 10.6. The lowest BCUT2D eigenvalue weighted by molar-refractivity contribution is 0.814. The van der Waals surface area contributed by atoms with E-state index in [1.807, 2.05) is 13.1 Å². The highest BCUT2D eigenvalue weighted by atomic mass is 35.5. The van der Waals surface area contributed by atoms with E-state index in [0.29, 0.717) is 5.02 Å². The fourth-order valence-corrected chi connectivity index (χ4v) is 2.43. The van der Waals surface area contributed by atoms with Gasteiger partial charge in [-0.05, 0) is 44.2 Å². The smallest absolute Gasteiger partial charge is 0.133 e. The number of aromatic nitrogens is 1. The predicted octanol–water partition coefficient (Wildman–Crippen LogP) is 3.92. The van der Waals surface area contributed by atoms with Crippen LogP contribution in [0.15, 0.2) is 36.5 Å². The molecule has 2 aromatic rings. The molecule has 4 heteroatoms. The van der Waals surface area contributed by atoms with Gasteiger partial charge in [0.05, 0.1) is 5.02 Å². The predicted molar refractivity (Wildman–Crippen MR) is 85.9 cm³/mol. The Kier molecular flexibility index (Phi) is 4.99. The van der Waals surface area contributed by atoms with E-state index in [-0.39, 0.29) is 0 Å². The van der Waals surface area contributed by atoms with Crippen molar-refractivity contribution in [3.05, 3.63) is 52.7 Å². The lowest BCUT2D eigenvalue weighted by Crippen LogP contribution is -2.19. The van der Waals surface area contributed by atoms with Gasteiger partial charge < -0.3 is 10.2 Å². The Bertz CT molecular complexity index is 584. The van der Waals surface area contributed by atoms with E-state index in [2.05, 4.69) is 53.3 Å². The average molecular weight is 290 g/mol. The van der Waals surface area contributed by atoms with Crippen LogP contribution in [0.3, 0.4) is 0 Å². The number of hydrogen-bond donors (Lipinski definition) is 1. The minimum Gasteiger partial charge on any atom is -0.326 e. The molecule has 1 heterocycles. The van der Waals surface area contributed by atoms with Crippen LogP contribution in [0.4, 0.5) is 11.5 Å². The van der Waals surface area contributed by atoms with Crippen molar-refractivity contribution < 1.29 is 0 Å². The zero-order valence-corrected chi connectivity index (χ0v) is 12.9. The molecule has 0 spiro atoms. The van der Waals surface area contributed by atoms with Crippen molar-refractivity contribution in [2.75, 3.05) is 18.5 Å². The maximum absolute atomic E-state index is 6.18. The van der Waals surface area contributed by atoms with Gasteiger partial charge in [0.25, 0.3) is 0 Å². The molecule has 3 nitrogen and oxygen atoms in total. The van der Waals surface area contributed by atoms with E-state index >= 15 is 0 Å². The number of pyridine rings is 1. The van der Waals surface area contributed by atoms with Gasteiger partial charge in [-0.2, -0.15) is 0 Å². The van der Waals surface area contributed by atoms with Crippen LogP contribution in [0.1, 0.15) is 18.1 Å². The number of rotatable bonds is 5. The first kappa shape index (κ1) is 14.8. The molecule has 0 fully saturated rings. The zero-order valence-electron chi connectivity index (χ0n) is 12.2. The Balaban J connectivity index is 2.42. The molecule has 0 aliphatic heterocycles. The van der Waals surface area contributed by atoms with Crippen molar-refractivity contribution in [2.24, 2.45) is 0 Å². The zero-order chi connectivity index (χ0) is 14.5. The van der Waals surface area contributed by atoms with Gasteiger partial charge in [-0.25, -0.2) is 4.98 Å². The van der Waals surface area contributed by atoms with Crippen LogP contribution in [0.2, 0.25) is 5.02 Å². The third-order valence-electron chi connectivity index (χ3n) is 3.29. The SMILES string of the molecule is CCN(c1cc(CNC)c(Cl)cn1)c1ccccc1C. The molecule has 0 aliphatic carbocycles. The van der Waals surface area contributed by atoms with E-state index in [0.717, 1.165) is 24.5 Å². The average Bonchev–Trinajstić information content (AvgIpc) is 2.45. The summed E-state index contributed by atoms with van der Waals surface area (Å²) in [7, 11) is 1.91. The summed E-state index contributed by atoms with van der Waals surface area (Å²) in [5.74, 6) is 0.927. The third kappa shape index (κ3) is 3.11. The molecule has 0 saturated heterocycles. The Morgan fingerprint density at radius 2 is 2.05 bits per heavy atom. The van der Waals surface area contributed by atoms with Gasteiger partial charge in [-0.15, -0.1) is 0 Å². The monoisotopic (exact) mass is 289 g/mol. The highest BCUT2D eigenvalue weighted by Gasteiger charge is 2.12. The number of benzene rings is 1. The van der Waals surface area contributed by atoms with E-state index < -0.39 is 0 Å². The number of hydrogen-bond acceptors (Lipinski definition) is 3. The van der Waals surface area contributed by atoms with Crippen LogP contribution >= 0.6 is 11.6 Å². The van der Waals surface area contributed by atoms with Crippen LogP contribution < -0.4 is 10.2 Å². The Labute approximate surface area is 125 Å². The highest BCUT2D eigenvalue weighted by molar-refractivity contribution is 6.31. The Morgan fingerprint density at radius 1 is 1.30 bits per heavy atom. The first-order valence-corrected chi connectivity index (χ1v) is 7.17. The van der Waals surface area contributed by atoms with Gasteiger partial charge in [-0.3, -0.25) is 0 Å². The summed E-state index contributed by atoms with van der Waals surface area (Å²) in [5.41, 5.74) is 3.48. The maximum Gasteiger partial charge on any atom is 0.133 e. The molecule has 20 heavy (non-hydrogen) atoms. The molecule has 1 aromatic heterocycles. The van der Waals surface area contributed by atoms with Crippen molar-refractivity contribution >= 4 is 23.1 Å². The van der Waals surface area contributed by atoms with Crippen LogP contribution in [-0.4, -0.2) is 18.6 Å². The Morgan fingerprint density at radius 3 is 2.70 bits per heavy atom. The van der Waals surface area contributed by atoms with E-state index in [1.165, 1.54) is 11.3 Å². The number of halogens is 1. The van der Waals surface area contributed by atoms with Crippen molar-refractivity contribution in [1.29, 1.82) is 0 Å². The molecule has 0 bridgehead atoms. The molecule has 106 valence electrons. The molecule has 2 rings (SSSR count). The number of aryl methyl sites for hydroxylation is 1. The minimum atomic E-state index is 0.698. The molecular weight excluding hydrogens is 270 g/mol. The molecule has 0 radical (unpaired) electrons. The summed E-state index contributed by atoms with van der Waals surface area (Å²) in [6, 6.07) is 10.4. The fraction of sp³-hybridized carbons (Fsp3) is 0.312. The minimum absolute atomic E-state index is 0.698. The first-order valence-electron chi connectivity index (χ1n) is 6.79. The standard InChI is InChI=1S/C16H20ClN3/c1-4-20(15-8-6-5-7-12(15)2)16-9-13(10-18-3)14(17)11-19-16/h5-9,11,18H,4,10H2,1-3H3. The van der Waals surface area contributed by atoms with Crippen LogP contribution in [0, 0.1) is 6.92 Å². The van der Waals surface area contributed by atoms with Gasteiger partial charge >= 0.3 is 0 Å². The van der Waals surface area contributed by atoms with E-state index in [4.69, 9.17) is 11.6 Å². The van der Waals surface area contributed by atoms with Gasteiger partial charge in [-0.1, -0.05) is 29.8 Å². The summed E-state index contributed by atoms with van der Waals surface area (Å²) >= 11 is 6.18. The molecule has 1 aromatic carbocycles.